The molecule has 1 unspecified atom stereocenters. The third-order valence-corrected chi connectivity index (χ3v) is 2.52. The Kier molecular flexibility index (Phi) is 3.54. The van der Waals surface area contributed by atoms with Crippen molar-refractivity contribution in [3.8, 4) is 5.75 Å². The van der Waals surface area contributed by atoms with Gasteiger partial charge in [0.2, 0.25) is 0 Å². The molecular weight excluding hydrogens is 238 g/mol. The van der Waals surface area contributed by atoms with Crippen LogP contribution in [0.4, 0.5) is 17.1 Å². The van der Waals surface area contributed by atoms with E-state index in [1.54, 1.807) is 12.1 Å². The molecule has 0 saturated carbocycles. The average molecular weight is 253 g/mol. The molecule has 1 aromatic carbocycles. The highest BCUT2D eigenvalue weighted by Crippen LogP contribution is 2.35. The van der Waals surface area contributed by atoms with Gasteiger partial charge in [-0.3, -0.25) is 4.79 Å². The number of ether oxygens (including phenoxy) is 1. The standard InChI is InChI=1S/C11H15N3O4/c12-7-1-10-9(14-11(17)5-18-10)2-8(7)13-3-6(16)4-15/h1-2,6,13,15-16H,3-5,12H2,(H,14,17). The van der Waals surface area contributed by atoms with E-state index in [-0.39, 0.29) is 25.7 Å². The van der Waals surface area contributed by atoms with Crippen LogP contribution in [0.3, 0.4) is 0 Å². The van der Waals surface area contributed by atoms with E-state index < -0.39 is 6.10 Å². The van der Waals surface area contributed by atoms with Gasteiger partial charge in [0.1, 0.15) is 5.75 Å². The van der Waals surface area contributed by atoms with E-state index >= 15 is 0 Å². The minimum absolute atomic E-state index is 0.0254. The summed E-state index contributed by atoms with van der Waals surface area (Å²) in [4.78, 5) is 11.2. The molecule has 1 aliphatic heterocycles. The largest absolute Gasteiger partial charge is 0.482 e. The van der Waals surface area contributed by atoms with Gasteiger partial charge in [0, 0.05) is 12.6 Å². The molecule has 1 aromatic rings. The SMILES string of the molecule is Nc1cc2c(cc1NCC(O)CO)NC(=O)CO2. The first kappa shape index (κ1) is 12.5. The molecule has 6 N–H and O–H groups in total. The zero-order valence-electron chi connectivity index (χ0n) is 9.64. The summed E-state index contributed by atoms with van der Waals surface area (Å²) >= 11 is 0. The first-order valence-electron chi connectivity index (χ1n) is 5.49. The second-order valence-corrected chi connectivity index (χ2v) is 3.99. The van der Waals surface area contributed by atoms with E-state index in [4.69, 9.17) is 15.6 Å². The van der Waals surface area contributed by atoms with Crippen molar-refractivity contribution in [1.82, 2.24) is 0 Å². The Hall–Kier alpha value is -1.99. The topological polar surface area (TPSA) is 117 Å². The van der Waals surface area contributed by atoms with Crippen LogP contribution >= 0.6 is 0 Å². The molecule has 1 heterocycles. The van der Waals surface area contributed by atoms with Gasteiger partial charge >= 0.3 is 0 Å². The van der Waals surface area contributed by atoms with Crippen LogP contribution in [0.2, 0.25) is 0 Å². The second kappa shape index (κ2) is 5.11. The Morgan fingerprint density at radius 2 is 2.33 bits per heavy atom. The van der Waals surface area contributed by atoms with Gasteiger partial charge in [0.15, 0.2) is 6.61 Å². The Balaban J connectivity index is 2.16. The van der Waals surface area contributed by atoms with Crippen molar-refractivity contribution in [3.05, 3.63) is 12.1 Å². The van der Waals surface area contributed by atoms with Gasteiger partial charge in [-0.05, 0) is 6.07 Å². The second-order valence-electron chi connectivity index (χ2n) is 3.99. The van der Waals surface area contributed by atoms with Crippen LogP contribution in [0.1, 0.15) is 0 Å². The molecule has 98 valence electrons. The third kappa shape index (κ3) is 2.63. The van der Waals surface area contributed by atoms with Crippen LogP contribution in [0.5, 0.6) is 5.75 Å². The van der Waals surface area contributed by atoms with Crippen molar-refractivity contribution in [2.45, 2.75) is 6.10 Å². The van der Waals surface area contributed by atoms with E-state index in [2.05, 4.69) is 10.6 Å². The predicted molar refractivity (Wildman–Crippen MR) is 66.6 cm³/mol. The quantitative estimate of drug-likeness (QED) is 0.456. The van der Waals surface area contributed by atoms with Crippen molar-refractivity contribution in [2.24, 2.45) is 0 Å². The van der Waals surface area contributed by atoms with Gasteiger partial charge in [-0.2, -0.15) is 0 Å². The molecule has 1 atom stereocenters. The molecule has 0 bridgehead atoms. The summed E-state index contributed by atoms with van der Waals surface area (Å²) in [6.45, 7) is -0.200. The number of hydrogen-bond acceptors (Lipinski definition) is 6. The predicted octanol–water partition coefficient (Wildman–Crippen LogP) is -0.635. The van der Waals surface area contributed by atoms with Crippen molar-refractivity contribution in [1.29, 1.82) is 0 Å². The molecule has 18 heavy (non-hydrogen) atoms. The summed E-state index contributed by atoms with van der Waals surface area (Å²) in [6, 6.07) is 3.23. The number of benzene rings is 1. The number of aliphatic hydroxyl groups is 2. The number of nitrogens with one attached hydrogen (secondary N) is 2. The van der Waals surface area contributed by atoms with Crippen molar-refractivity contribution < 1.29 is 19.7 Å². The highest BCUT2D eigenvalue weighted by molar-refractivity contribution is 5.97. The molecule has 2 rings (SSSR count). The van der Waals surface area contributed by atoms with E-state index in [1.165, 1.54) is 0 Å². The molecule has 0 spiro atoms. The number of amides is 1. The van der Waals surface area contributed by atoms with Gasteiger partial charge in [-0.25, -0.2) is 0 Å². The molecule has 7 heteroatoms. The van der Waals surface area contributed by atoms with Gasteiger partial charge in [0.05, 0.1) is 29.8 Å². The number of carbonyl (C=O) groups is 1. The van der Waals surface area contributed by atoms with Crippen LogP contribution in [0.15, 0.2) is 12.1 Å². The van der Waals surface area contributed by atoms with Crippen LogP contribution < -0.4 is 21.1 Å². The maximum Gasteiger partial charge on any atom is 0.262 e. The summed E-state index contributed by atoms with van der Waals surface area (Å²) in [5, 5.41) is 23.5. The fourth-order valence-corrected chi connectivity index (χ4v) is 1.59. The van der Waals surface area contributed by atoms with Crippen LogP contribution in [0, 0.1) is 0 Å². The number of hydrogen-bond donors (Lipinski definition) is 5. The summed E-state index contributed by atoms with van der Waals surface area (Å²) in [5.74, 6) is 0.286. The molecule has 0 aromatic heterocycles. The van der Waals surface area contributed by atoms with E-state index in [0.717, 1.165) is 0 Å². The van der Waals surface area contributed by atoms with Crippen LogP contribution in [-0.2, 0) is 4.79 Å². The van der Waals surface area contributed by atoms with E-state index in [9.17, 15) is 9.90 Å². The van der Waals surface area contributed by atoms with Gasteiger partial charge in [0.25, 0.3) is 5.91 Å². The summed E-state index contributed by atoms with van der Waals surface area (Å²) in [5.41, 5.74) is 7.34. The lowest BCUT2D eigenvalue weighted by molar-refractivity contribution is -0.118. The number of rotatable bonds is 4. The summed E-state index contributed by atoms with van der Waals surface area (Å²) in [7, 11) is 0. The van der Waals surface area contributed by atoms with Crippen molar-refractivity contribution in [2.75, 3.05) is 36.1 Å². The molecule has 0 radical (unpaired) electrons. The van der Waals surface area contributed by atoms with Gasteiger partial charge < -0.3 is 31.3 Å². The number of anilines is 3. The fraction of sp³-hybridized carbons (Fsp3) is 0.364. The first-order chi connectivity index (χ1) is 8.60. The van der Waals surface area contributed by atoms with E-state index in [1.807, 2.05) is 0 Å². The zero-order chi connectivity index (χ0) is 13.1. The number of aliphatic hydroxyl groups excluding tert-OH is 2. The number of nitrogens with two attached hydrogens (primary N) is 1. The lowest BCUT2D eigenvalue weighted by Gasteiger charge is -2.20. The number of fused-ring (bicyclic) bond motifs is 1. The van der Waals surface area contributed by atoms with Gasteiger partial charge in [-0.15, -0.1) is 0 Å². The normalized spacial score (nSPS) is 15.3. The first-order valence-corrected chi connectivity index (χ1v) is 5.49. The fourth-order valence-electron chi connectivity index (χ4n) is 1.59. The van der Waals surface area contributed by atoms with Crippen molar-refractivity contribution in [3.63, 3.8) is 0 Å². The lowest BCUT2D eigenvalue weighted by atomic mass is 10.2. The average Bonchev–Trinajstić information content (AvgIpc) is 2.36. The molecule has 0 fully saturated rings. The summed E-state index contributed by atoms with van der Waals surface area (Å²) < 4.78 is 5.21. The maximum absolute atomic E-state index is 11.2. The molecule has 0 aliphatic carbocycles. The Labute approximate surface area is 104 Å². The molecule has 1 amide bonds. The summed E-state index contributed by atoms with van der Waals surface area (Å²) in [6.07, 6.45) is -0.869. The maximum atomic E-state index is 11.2. The number of carbonyl (C=O) groups excluding carboxylic acids is 1. The molecule has 7 nitrogen and oxygen atoms in total. The molecule has 1 aliphatic rings. The zero-order valence-corrected chi connectivity index (χ0v) is 9.64. The highest BCUT2D eigenvalue weighted by atomic mass is 16.5. The Morgan fingerprint density at radius 3 is 3.06 bits per heavy atom. The molecule has 0 saturated heterocycles. The minimum Gasteiger partial charge on any atom is -0.482 e. The van der Waals surface area contributed by atoms with Crippen molar-refractivity contribution >= 4 is 23.0 Å². The minimum atomic E-state index is -0.869. The van der Waals surface area contributed by atoms with Crippen LogP contribution in [-0.4, -0.2) is 42.0 Å². The Morgan fingerprint density at radius 1 is 1.56 bits per heavy atom. The smallest absolute Gasteiger partial charge is 0.262 e. The highest BCUT2D eigenvalue weighted by Gasteiger charge is 2.18. The van der Waals surface area contributed by atoms with E-state index in [0.29, 0.717) is 22.8 Å². The monoisotopic (exact) mass is 253 g/mol. The number of nitrogen functional groups attached to an aromatic ring is 1. The van der Waals surface area contributed by atoms with Gasteiger partial charge in [-0.1, -0.05) is 0 Å². The Bertz CT molecular complexity index is 464. The lowest BCUT2D eigenvalue weighted by Crippen LogP contribution is -2.26. The molecular formula is C11H15N3O4. The third-order valence-electron chi connectivity index (χ3n) is 2.52. The van der Waals surface area contributed by atoms with Crippen LogP contribution in [0.25, 0.3) is 0 Å².